The number of nitrogens with zero attached hydrogens (tertiary/aromatic N) is 4. The molecule has 0 bridgehead atoms. The normalized spacial score (nSPS) is 11.0. The zero-order valence-electron chi connectivity index (χ0n) is 14.6. The van der Waals surface area contributed by atoms with E-state index < -0.39 is 0 Å². The first-order chi connectivity index (χ1) is 13.2. The molecule has 1 amide bonds. The fourth-order valence-corrected chi connectivity index (χ4v) is 3.31. The Balaban J connectivity index is 1.37. The molecule has 0 saturated carbocycles. The molecule has 4 rings (SSSR count). The molecule has 8 heteroatoms. The topological polar surface area (TPSA) is 81.4 Å². The van der Waals surface area contributed by atoms with Crippen LogP contribution < -0.4 is 10.1 Å². The Hall–Kier alpha value is -3.13. The number of benzene rings is 2. The quantitative estimate of drug-likeness (QED) is 0.519. The molecule has 0 aliphatic rings. The number of aromatic nitrogens is 4. The maximum Gasteiger partial charge on any atom is 0.230 e. The summed E-state index contributed by atoms with van der Waals surface area (Å²) >= 11 is 1.30. The van der Waals surface area contributed by atoms with Crippen LogP contribution in [0.5, 0.6) is 5.75 Å². The van der Waals surface area contributed by atoms with E-state index in [9.17, 15) is 4.79 Å². The second-order valence-electron chi connectivity index (χ2n) is 5.84. The lowest BCUT2D eigenvalue weighted by Gasteiger charge is -2.05. The highest BCUT2D eigenvalue weighted by Crippen LogP contribution is 2.20. The van der Waals surface area contributed by atoms with Gasteiger partial charge in [-0.2, -0.15) is 0 Å². The number of fused-ring (bicyclic) bond motifs is 3. The molecule has 136 valence electrons. The number of ether oxygens (including phenoxy) is 1. The van der Waals surface area contributed by atoms with Crippen molar-refractivity contribution >= 4 is 34.2 Å². The lowest BCUT2D eigenvalue weighted by molar-refractivity contribution is -0.118. The maximum absolute atomic E-state index is 12.1. The molecule has 4 aromatic rings. The molecular weight excluding hydrogens is 362 g/mol. The van der Waals surface area contributed by atoms with Crippen molar-refractivity contribution in [1.82, 2.24) is 24.9 Å². The van der Waals surface area contributed by atoms with E-state index in [-0.39, 0.29) is 11.7 Å². The average molecular weight is 379 g/mol. The molecule has 0 aliphatic heterocycles. The number of carbonyl (C=O) groups excluding carboxylic acids is 1. The molecule has 2 aromatic heterocycles. The molecule has 2 aromatic carbocycles. The van der Waals surface area contributed by atoms with E-state index >= 15 is 0 Å². The van der Waals surface area contributed by atoms with Gasteiger partial charge in [-0.05, 0) is 29.8 Å². The van der Waals surface area contributed by atoms with Gasteiger partial charge in [0.05, 0.1) is 18.4 Å². The molecule has 0 unspecified atom stereocenters. The maximum atomic E-state index is 12.1. The Morgan fingerprint density at radius 1 is 1.19 bits per heavy atom. The van der Waals surface area contributed by atoms with E-state index in [0.29, 0.717) is 11.7 Å². The van der Waals surface area contributed by atoms with Gasteiger partial charge in [0, 0.05) is 11.9 Å². The summed E-state index contributed by atoms with van der Waals surface area (Å²) in [7, 11) is 1.63. The first-order valence-corrected chi connectivity index (χ1v) is 9.34. The Kier molecular flexibility index (Phi) is 4.88. The van der Waals surface area contributed by atoms with Crippen molar-refractivity contribution in [2.45, 2.75) is 11.7 Å². The minimum absolute atomic E-state index is 0.0716. The third-order valence-corrected chi connectivity index (χ3v) is 4.88. The van der Waals surface area contributed by atoms with E-state index in [4.69, 9.17) is 4.74 Å². The Bertz CT molecular complexity index is 1090. The molecule has 0 aliphatic carbocycles. The highest BCUT2D eigenvalue weighted by Gasteiger charge is 2.10. The number of hydrogen-bond acceptors (Lipinski definition) is 6. The van der Waals surface area contributed by atoms with Gasteiger partial charge in [-0.25, -0.2) is 14.5 Å². The zero-order valence-corrected chi connectivity index (χ0v) is 15.4. The van der Waals surface area contributed by atoms with Crippen molar-refractivity contribution in [3.63, 3.8) is 0 Å². The summed E-state index contributed by atoms with van der Waals surface area (Å²) in [5.41, 5.74) is 2.62. The highest BCUT2D eigenvalue weighted by atomic mass is 32.2. The Labute approximate surface area is 159 Å². The van der Waals surface area contributed by atoms with Crippen LogP contribution in [0.25, 0.3) is 16.6 Å². The van der Waals surface area contributed by atoms with E-state index in [0.717, 1.165) is 27.9 Å². The highest BCUT2D eigenvalue weighted by molar-refractivity contribution is 7.99. The van der Waals surface area contributed by atoms with Crippen LogP contribution in [0.2, 0.25) is 0 Å². The number of amides is 1. The van der Waals surface area contributed by atoms with Gasteiger partial charge >= 0.3 is 0 Å². The van der Waals surface area contributed by atoms with Gasteiger partial charge in [-0.3, -0.25) is 4.79 Å². The molecule has 0 radical (unpaired) electrons. The van der Waals surface area contributed by atoms with Crippen molar-refractivity contribution in [2.24, 2.45) is 0 Å². The minimum Gasteiger partial charge on any atom is -0.497 e. The van der Waals surface area contributed by atoms with Crippen LogP contribution in [-0.4, -0.2) is 38.4 Å². The summed E-state index contributed by atoms with van der Waals surface area (Å²) < 4.78 is 6.76. The second-order valence-corrected chi connectivity index (χ2v) is 6.78. The van der Waals surface area contributed by atoms with Crippen LogP contribution in [0, 0.1) is 0 Å². The number of rotatable bonds is 6. The monoisotopic (exact) mass is 379 g/mol. The van der Waals surface area contributed by atoms with Crippen LogP contribution in [0.1, 0.15) is 5.56 Å². The van der Waals surface area contributed by atoms with Crippen LogP contribution >= 0.6 is 11.8 Å². The van der Waals surface area contributed by atoms with Gasteiger partial charge in [0.2, 0.25) is 11.1 Å². The number of thioether (sulfide) groups is 1. The zero-order chi connectivity index (χ0) is 18.6. The summed E-state index contributed by atoms with van der Waals surface area (Å²) in [6, 6.07) is 15.4. The smallest absolute Gasteiger partial charge is 0.230 e. The van der Waals surface area contributed by atoms with Gasteiger partial charge in [0.1, 0.15) is 12.1 Å². The molecule has 0 atom stereocenters. The van der Waals surface area contributed by atoms with Crippen LogP contribution in [0.15, 0.2) is 60.0 Å². The lowest BCUT2D eigenvalue weighted by Crippen LogP contribution is -2.24. The summed E-state index contributed by atoms with van der Waals surface area (Å²) in [5.74, 6) is 0.969. The van der Waals surface area contributed by atoms with Gasteiger partial charge in [-0.15, -0.1) is 5.10 Å². The molecule has 0 spiro atoms. The lowest BCUT2D eigenvalue weighted by atomic mass is 10.2. The molecule has 2 heterocycles. The largest absolute Gasteiger partial charge is 0.497 e. The predicted octanol–water partition coefficient (Wildman–Crippen LogP) is 2.69. The number of carbonyl (C=O) groups is 1. The second kappa shape index (κ2) is 7.63. The number of methoxy groups -OCH3 is 1. The summed E-state index contributed by atoms with van der Waals surface area (Å²) in [6.07, 6.45) is 1.64. The van der Waals surface area contributed by atoms with Gasteiger partial charge in [-0.1, -0.05) is 36.0 Å². The summed E-state index contributed by atoms with van der Waals surface area (Å²) in [5, 5.41) is 8.76. The van der Waals surface area contributed by atoms with E-state index in [1.807, 2.05) is 48.5 Å². The number of nitrogens with one attached hydrogen (secondary N) is 1. The number of hydrogen-bond donors (Lipinski definition) is 1. The molecule has 7 nitrogen and oxygen atoms in total. The van der Waals surface area contributed by atoms with E-state index in [1.165, 1.54) is 11.8 Å². The van der Waals surface area contributed by atoms with Crippen molar-refractivity contribution in [2.75, 3.05) is 12.9 Å². The summed E-state index contributed by atoms with van der Waals surface area (Å²) in [6.45, 7) is 0.469. The van der Waals surface area contributed by atoms with Gasteiger partial charge < -0.3 is 10.1 Å². The van der Waals surface area contributed by atoms with E-state index in [1.54, 1.807) is 18.0 Å². The molecule has 1 N–H and O–H groups in total. The Morgan fingerprint density at radius 2 is 2.00 bits per heavy atom. The van der Waals surface area contributed by atoms with E-state index in [2.05, 4.69) is 20.4 Å². The van der Waals surface area contributed by atoms with Crippen molar-refractivity contribution in [1.29, 1.82) is 0 Å². The number of para-hydroxylation sites is 1. The van der Waals surface area contributed by atoms with Crippen molar-refractivity contribution < 1.29 is 9.53 Å². The first-order valence-electron chi connectivity index (χ1n) is 8.35. The van der Waals surface area contributed by atoms with Crippen molar-refractivity contribution in [3.8, 4) is 5.75 Å². The molecule has 0 fully saturated rings. The SMILES string of the molecule is COc1ccc(CNC(=O)CSc2nc3c4ccccc4ncn3n2)cc1. The van der Waals surface area contributed by atoms with Gasteiger partial charge in [0.15, 0.2) is 5.65 Å². The van der Waals surface area contributed by atoms with Gasteiger partial charge in [0.25, 0.3) is 0 Å². The third-order valence-electron chi connectivity index (χ3n) is 4.04. The van der Waals surface area contributed by atoms with Crippen LogP contribution in [-0.2, 0) is 11.3 Å². The Morgan fingerprint density at radius 3 is 2.81 bits per heavy atom. The standard InChI is InChI=1S/C19H17N5O2S/c1-26-14-8-6-13(7-9-14)10-20-17(25)11-27-19-22-18-15-4-2-3-5-16(15)21-12-24(18)23-19/h2-9,12H,10-11H2,1H3,(H,20,25). The molecule has 27 heavy (non-hydrogen) atoms. The fourth-order valence-electron chi connectivity index (χ4n) is 2.65. The molecular formula is C19H17N5O2S. The van der Waals surface area contributed by atoms with Crippen molar-refractivity contribution in [3.05, 3.63) is 60.4 Å². The van der Waals surface area contributed by atoms with Crippen LogP contribution in [0.3, 0.4) is 0 Å². The average Bonchev–Trinajstić information content (AvgIpc) is 3.15. The minimum atomic E-state index is -0.0716. The first kappa shape index (κ1) is 17.3. The third kappa shape index (κ3) is 3.85. The summed E-state index contributed by atoms with van der Waals surface area (Å²) in [4.78, 5) is 21.0. The predicted molar refractivity (Wildman–Crippen MR) is 104 cm³/mol. The molecule has 0 saturated heterocycles. The van der Waals surface area contributed by atoms with Crippen LogP contribution in [0.4, 0.5) is 0 Å². The fraction of sp³-hybridized carbons (Fsp3) is 0.158.